The van der Waals surface area contributed by atoms with E-state index in [1.807, 2.05) is 0 Å². The van der Waals surface area contributed by atoms with Crippen molar-refractivity contribution >= 4 is 10.9 Å². The fourth-order valence-corrected chi connectivity index (χ4v) is 3.66. The van der Waals surface area contributed by atoms with E-state index in [-0.39, 0.29) is 0 Å². The Labute approximate surface area is 134 Å². The standard InChI is InChI=1S/C19H29N3/c1-6-20-14(4)7-17-10-21(5)19-9-16-12-22(13(2)3)11-15(16)8-18(17)19/h8-10,13-14,20H,6-7,11-12H2,1-5H3. The summed E-state index contributed by atoms with van der Waals surface area (Å²) < 4.78 is 2.29. The largest absolute Gasteiger partial charge is 0.350 e. The van der Waals surface area contributed by atoms with E-state index in [2.05, 4.69) is 67.9 Å². The van der Waals surface area contributed by atoms with Crippen molar-refractivity contribution in [3.05, 3.63) is 35.0 Å². The van der Waals surface area contributed by atoms with Crippen LogP contribution in [0.4, 0.5) is 0 Å². The van der Waals surface area contributed by atoms with Crippen LogP contribution >= 0.6 is 0 Å². The lowest BCUT2D eigenvalue weighted by Gasteiger charge is -2.18. The fourth-order valence-electron chi connectivity index (χ4n) is 3.66. The number of nitrogens with one attached hydrogen (secondary N) is 1. The zero-order valence-electron chi connectivity index (χ0n) is 14.6. The SMILES string of the molecule is CCNC(C)Cc1cn(C)c2cc3c(cc12)CN(C(C)C)C3. The summed E-state index contributed by atoms with van der Waals surface area (Å²) in [5.74, 6) is 0. The molecule has 0 radical (unpaired) electrons. The van der Waals surface area contributed by atoms with E-state index >= 15 is 0 Å². The van der Waals surface area contributed by atoms with E-state index in [9.17, 15) is 0 Å². The number of aryl methyl sites for hydroxylation is 1. The average Bonchev–Trinajstić information content (AvgIpc) is 2.99. The molecule has 0 spiro atoms. The van der Waals surface area contributed by atoms with Gasteiger partial charge in [-0.15, -0.1) is 0 Å². The first-order chi connectivity index (χ1) is 10.5. The van der Waals surface area contributed by atoms with Crippen molar-refractivity contribution in [3.8, 4) is 0 Å². The summed E-state index contributed by atoms with van der Waals surface area (Å²) in [6.07, 6.45) is 3.41. The van der Waals surface area contributed by atoms with Crippen LogP contribution in [0, 0.1) is 0 Å². The van der Waals surface area contributed by atoms with Crippen molar-refractivity contribution in [2.24, 2.45) is 7.05 Å². The van der Waals surface area contributed by atoms with Crippen molar-refractivity contribution in [3.63, 3.8) is 0 Å². The normalized spacial score (nSPS) is 16.6. The van der Waals surface area contributed by atoms with Gasteiger partial charge in [-0.1, -0.05) is 6.92 Å². The van der Waals surface area contributed by atoms with Crippen molar-refractivity contribution in [1.29, 1.82) is 0 Å². The lowest BCUT2D eigenvalue weighted by atomic mass is 10.0. The molecule has 2 aromatic rings. The summed E-state index contributed by atoms with van der Waals surface area (Å²) in [5, 5.41) is 4.97. The molecule has 1 aromatic carbocycles. The molecular formula is C19H29N3. The Morgan fingerprint density at radius 2 is 1.82 bits per heavy atom. The van der Waals surface area contributed by atoms with Gasteiger partial charge in [0.25, 0.3) is 0 Å². The second-order valence-corrected chi connectivity index (χ2v) is 7.06. The molecule has 3 heteroatoms. The molecular weight excluding hydrogens is 270 g/mol. The zero-order chi connectivity index (χ0) is 15.9. The summed E-state index contributed by atoms with van der Waals surface area (Å²) in [6.45, 7) is 12.2. The van der Waals surface area contributed by atoms with Crippen LogP contribution in [0.2, 0.25) is 0 Å². The first kappa shape index (κ1) is 15.6. The quantitative estimate of drug-likeness (QED) is 0.912. The molecule has 0 aliphatic carbocycles. The van der Waals surface area contributed by atoms with Crippen LogP contribution in [0.3, 0.4) is 0 Å². The average molecular weight is 299 g/mol. The number of fused-ring (bicyclic) bond motifs is 2. The third kappa shape index (κ3) is 2.80. The highest BCUT2D eigenvalue weighted by atomic mass is 15.2. The van der Waals surface area contributed by atoms with Gasteiger partial charge in [-0.25, -0.2) is 0 Å². The highest BCUT2D eigenvalue weighted by molar-refractivity contribution is 5.86. The third-order valence-electron chi connectivity index (χ3n) is 4.95. The molecule has 1 aliphatic rings. The molecule has 120 valence electrons. The molecule has 1 aliphatic heterocycles. The van der Waals surface area contributed by atoms with E-state index in [0.29, 0.717) is 12.1 Å². The summed E-state index contributed by atoms with van der Waals surface area (Å²) in [7, 11) is 2.17. The van der Waals surface area contributed by atoms with Crippen molar-refractivity contribution in [2.45, 2.75) is 59.3 Å². The Morgan fingerprint density at radius 1 is 1.14 bits per heavy atom. The molecule has 0 amide bonds. The van der Waals surface area contributed by atoms with Crippen molar-refractivity contribution in [1.82, 2.24) is 14.8 Å². The van der Waals surface area contributed by atoms with Crippen molar-refractivity contribution < 1.29 is 0 Å². The molecule has 22 heavy (non-hydrogen) atoms. The smallest absolute Gasteiger partial charge is 0.0484 e. The van der Waals surface area contributed by atoms with Gasteiger partial charge in [-0.05, 0) is 62.6 Å². The van der Waals surface area contributed by atoms with Crippen molar-refractivity contribution in [2.75, 3.05) is 6.54 Å². The van der Waals surface area contributed by atoms with Gasteiger partial charge >= 0.3 is 0 Å². The number of rotatable bonds is 5. The van der Waals surface area contributed by atoms with Crippen LogP contribution in [0.15, 0.2) is 18.3 Å². The van der Waals surface area contributed by atoms with E-state index in [4.69, 9.17) is 0 Å². The van der Waals surface area contributed by atoms with Gasteiger partial charge in [0.2, 0.25) is 0 Å². The molecule has 3 rings (SSSR count). The topological polar surface area (TPSA) is 20.2 Å². The molecule has 2 heterocycles. The first-order valence-corrected chi connectivity index (χ1v) is 8.56. The lowest BCUT2D eigenvalue weighted by molar-refractivity contribution is 0.227. The summed E-state index contributed by atoms with van der Waals surface area (Å²) >= 11 is 0. The molecule has 0 saturated heterocycles. The number of aromatic nitrogens is 1. The molecule has 0 fully saturated rings. The molecule has 0 saturated carbocycles. The van der Waals surface area contributed by atoms with E-state index in [0.717, 1.165) is 26.1 Å². The highest BCUT2D eigenvalue weighted by Crippen LogP contribution is 2.31. The lowest BCUT2D eigenvalue weighted by Crippen LogP contribution is -2.27. The Bertz CT molecular complexity index is 669. The number of benzene rings is 1. The minimum Gasteiger partial charge on any atom is -0.350 e. The zero-order valence-corrected chi connectivity index (χ0v) is 14.6. The number of nitrogens with zero attached hydrogens (tertiary/aromatic N) is 2. The monoisotopic (exact) mass is 299 g/mol. The maximum absolute atomic E-state index is 3.52. The molecule has 0 bridgehead atoms. The van der Waals surface area contributed by atoms with Gasteiger partial charge in [0.05, 0.1) is 0 Å². The number of hydrogen-bond donors (Lipinski definition) is 1. The van der Waals surface area contributed by atoms with Gasteiger partial charge in [-0.3, -0.25) is 4.90 Å². The van der Waals surface area contributed by atoms with E-state index in [1.165, 1.54) is 27.6 Å². The predicted octanol–water partition coefficient (Wildman–Crippen LogP) is 3.44. The molecule has 3 nitrogen and oxygen atoms in total. The minimum absolute atomic E-state index is 0.524. The van der Waals surface area contributed by atoms with Gasteiger partial charge in [0.15, 0.2) is 0 Å². The second-order valence-electron chi connectivity index (χ2n) is 7.06. The Hall–Kier alpha value is -1.32. The fraction of sp³-hybridized carbons (Fsp3) is 0.579. The first-order valence-electron chi connectivity index (χ1n) is 8.56. The van der Waals surface area contributed by atoms with E-state index in [1.54, 1.807) is 0 Å². The second kappa shape index (κ2) is 6.05. The molecule has 1 atom stereocenters. The maximum Gasteiger partial charge on any atom is 0.0484 e. The summed E-state index contributed by atoms with van der Waals surface area (Å²) in [4.78, 5) is 2.55. The van der Waals surface area contributed by atoms with Gasteiger partial charge in [0.1, 0.15) is 0 Å². The van der Waals surface area contributed by atoms with E-state index < -0.39 is 0 Å². The van der Waals surface area contributed by atoms with Gasteiger partial charge in [-0.2, -0.15) is 0 Å². The highest BCUT2D eigenvalue weighted by Gasteiger charge is 2.23. The van der Waals surface area contributed by atoms with Gasteiger partial charge in [0, 0.05) is 49.3 Å². The third-order valence-corrected chi connectivity index (χ3v) is 4.95. The van der Waals surface area contributed by atoms with Crippen LogP contribution in [-0.2, 0) is 26.6 Å². The molecule has 1 aromatic heterocycles. The summed E-state index contributed by atoms with van der Waals surface area (Å²) in [6, 6.07) is 6.00. The minimum atomic E-state index is 0.524. The van der Waals surface area contributed by atoms with Crippen LogP contribution in [0.25, 0.3) is 10.9 Å². The Morgan fingerprint density at radius 3 is 2.45 bits per heavy atom. The Kier molecular flexibility index (Phi) is 4.28. The summed E-state index contributed by atoms with van der Waals surface area (Å²) in [5.41, 5.74) is 5.87. The molecule has 1 unspecified atom stereocenters. The number of hydrogen-bond acceptors (Lipinski definition) is 2. The van der Waals surface area contributed by atoms with Gasteiger partial charge < -0.3 is 9.88 Å². The van der Waals surface area contributed by atoms with Crippen LogP contribution in [-0.4, -0.2) is 28.1 Å². The number of likely N-dealkylation sites (N-methyl/N-ethyl adjacent to an activating group) is 1. The molecule has 1 N–H and O–H groups in total. The van der Waals surface area contributed by atoms with Crippen LogP contribution in [0.1, 0.15) is 44.4 Å². The Balaban J connectivity index is 1.95. The predicted molar refractivity (Wildman–Crippen MR) is 94.1 cm³/mol. The van der Waals surface area contributed by atoms with Crippen LogP contribution in [0.5, 0.6) is 0 Å². The van der Waals surface area contributed by atoms with Crippen LogP contribution < -0.4 is 5.32 Å². The maximum atomic E-state index is 3.52.